The van der Waals surface area contributed by atoms with Crippen LogP contribution in [0.3, 0.4) is 0 Å². The van der Waals surface area contributed by atoms with Crippen molar-refractivity contribution in [3.05, 3.63) is 53.8 Å². The Morgan fingerprint density at radius 1 is 1.02 bits per heavy atom. The lowest BCUT2D eigenvalue weighted by atomic mass is 9.95. The van der Waals surface area contributed by atoms with Gasteiger partial charge in [-0.05, 0) is 62.1 Å². The second kappa shape index (κ2) is 11.9. The summed E-state index contributed by atoms with van der Waals surface area (Å²) in [5.41, 5.74) is -0.500. The van der Waals surface area contributed by atoms with Crippen LogP contribution < -0.4 is 15.1 Å². The van der Waals surface area contributed by atoms with Gasteiger partial charge < -0.3 is 15.1 Å². The molecule has 1 amide bonds. The summed E-state index contributed by atoms with van der Waals surface area (Å²) in [6.07, 6.45) is -3.40. The lowest BCUT2D eigenvalue weighted by Gasteiger charge is -2.41. The first-order chi connectivity index (χ1) is 18.8. The van der Waals surface area contributed by atoms with E-state index in [9.17, 15) is 30.8 Å². The van der Waals surface area contributed by atoms with Crippen molar-refractivity contribution < 1.29 is 30.8 Å². The molecule has 2 aliphatic heterocycles. The SMILES string of the molecule is CC(C)CNC(=O)C1CCN(c2cccc(S(=O)(=O)N3CCN(c4ccc(F)cc4C(F)(F)F)C[C@H]3C)c2)CC1. The molecule has 0 spiro atoms. The van der Waals surface area contributed by atoms with Crippen LogP contribution in [-0.2, 0) is 21.0 Å². The molecular formula is C28H36F4N4O3S. The van der Waals surface area contributed by atoms with Crippen LogP contribution in [0.1, 0.15) is 39.2 Å². The number of amides is 1. The van der Waals surface area contributed by atoms with Gasteiger partial charge in [0.1, 0.15) is 5.82 Å². The summed E-state index contributed by atoms with van der Waals surface area (Å²) in [5, 5.41) is 2.98. The van der Waals surface area contributed by atoms with Gasteiger partial charge in [0.15, 0.2) is 0 Å². The van der Waals surface area contributed by atoms with E-state index in [-0.39, 0.29) is 42.0 Å². The fourth-order valence-corrected chi connectivity index (χ4v) is 7.01. The van der Waals surface area contributed by atoms with Crippen molar-refractivity contribution in [2.45, 2.75) is 50.7 Å². The number of nitrogens with zero attached hydrogens (tertiary/aromatic N) is 3. The normalized spacial score (nSPS) is 19.8. The average Bonchev–Trinajstić information content (AvgIpc) is 2.91. The van der Waals surface area contributed by atoms with Crippen molar-refractivity contribution >= 4 is 27.3 Å². The lowest BCUT2D eigenvalue weighted by Crippen LogP contribution is -2.54. The molecule has 2 aromatic carbocycles. The molecule has 2 saturated heterocycles. The summed E-state index contributed by atoms with van der Waals surface area (Å²) in [6.45, 7) is 7.66. The molecule has 12 heteroatoms. The Hall–Kier alpha value is -2.86. The zero-order valence-electron chi connectivity index (χ0n) is 22.9. The van der Waals surface area contributed by atoms with Crippen molar-refractivity contribution in [1.29, 1.82) is 0 Å². The van der Waals surface area contributed by atoms with Gasteiger partial charge in [0.05, 0.1) is 10.5 Å². The number of hydrogen-bond acceptors (Lipinski definition) is 5. The van der Waals surface area contributed by atoms with Gasteiger partial charge in [-0.15, -0.1) is 0 Å². The predicted molar refractivity (Wildman–Crippen MR) is 146 cm³/mol. The van der Waals surface area contributed by atoms with Crippen molar-refractivity contribution in [2.75, 3.05) is 49.1 Å². The molecule has 4 rings (SSSR count). The molecule has 2 aliphatic rings. The first-order valence-corrected chi connectivity index (χ1v) is 15.0. The third-order valence-electron chi connectivity index (χ3n) is 7.51. The van der Waals surface area contributed by atoms with E-state index in [0.29, 0.717) is 44.5 Å². The largest absolute Gasteiger partial charge is 0.418 e. The Morgan fingerprint density at radius 3 is 2.35 bits per heavy atom. The van der Waals surface area contributed by atoms with E-state index >= 15 is 0 Å². The molecule has 1 N–H and O–H groups in total. The summed E-state index contributed by atoms with van der Waals surface area (Å²) < 4.78 is 82.8. The number of rotatable bonds is 7. The molecule has 2 fully saturated rings. The number of anilines is 2. The summed E-state index contributed by atoms with van der Waals surface area (Å²) in [5.74, 6) is -0.623. The van der Waals surface area contributed by atoms with Crippen LogP contribution >= 0.6 is 0 Å². The fourth-order valence-electron chi connectivity index (χ4n) is 5.35. The maximum absolute atomic E-state index is 13.6. The lowest BCUT2D eigenvalue weighted by molar-refractivity contribution is -0.137. The van der Waals surface area contributed by atoms with Crippen LogP contribution in [-0.4, -0.2) is 63.9 Å². The van der Waals surface area contributed by atoms with E-state index in [1.807, 2.05) is 19.9 Å². The second-order valence-electron chi connectivity index (χ2n) is 11.0. The number of sulfonamides is 1. The Balaban J connectivity index is 1.44. The highest BCUT2D eigenvalue weighted by molar-refractivity contribution is 7.89. The summed E-state index contributed by atoms with van der Waals surface area (Å²) in [6, 6.07) is 8.58. The van der Waals surface area contributed by atoms with Crippen LogP contribution in [0.15, 0.2) is 47.4 Å². The number of carbonyl (C=O) groups is 1. The van der Waals surface area contributed by atoms with E-state index in [1.165, 1.54) is 15.3 Å². The van der Waals surface area contributed by atoms with E-state index < -0.39 is 33.6 Å². The van der Waals surface area contributed by atoms with Crippen molar-refractivity contribution in [1.82, 2.24) is 9.62 Å². The Labute approximate surface area is 233 Å². The van der Waals surface area contributed by atoms with Crippen molar-refractivity contribution in [3.63, 3.8) is 0 Å². The van der Waals surface area contributed by atoms with Crippen LogP contribution in [0.25, 0.3) is 0 Å². The van der Waals surface area contributed by atoms with Crippen molar-refractivity contribution in [2.24, 2.45) is 11.8 Å². The number of piperazine rings is 1. The molecule has 40 heavy (non-hydrogen) atoms. The van der Waals surface area contributed by atoms with Gasteiger partial charge in [-0.1, -0.05) is 19.9 Å². The zero-order valence-corrected chi connectivity index (χ0v) is 23.7. The fraction of sp³-hybridized carbons (Fsp3) is 0.536. The molecule has 1 atom stereocenters. The number of benzene rings is 2. The minimum Gasteiger partial charge on any atom is -0.371 e. The molecule has 220 valence electrons. The van der Waals surface area contributed by atoms with Crippen LogP contribution in [0, 0.1) is 17.7 Å². The van der Waals surface area contributed by atoms with Gasteiger partial charge in [-0.25, -0.2) is 12.8 Å². The van der Waals surface area contributed by atoms with E-state index in [2.05, 4.69) is 10.2 Å². The van der Waals surface area contributed by atoms with E-state index in [1.54, 1.807) is 19.1 Å². The molecule has 0 unspecified atom stereocenters. The van der Waals surface area contributed by atoms with Gasteiger partial charge in [0, 0.05) is 62.6 Å². The van der Waals surface area contributed by atoms with Gasteiger partial charge in [-0.2, -0.15) is 17.5 Å². The number of piperidine rings is 1. The number of hydrogen-bond donors (Lipinski definition) is 1. The average molecular weight is 585 g/mol. The van der Waals surface area contributed by atoms with Gasteiger partial charge in [-0.3, -0.25) is 4.79 Å². The number of alkyl halides is 3. The summed E-state index contributed by atoms with van der Waals surface area (Å²) >= 11 is 0. The molecule has 2 aromatic rings. The van der Waals surface area contributed by atoms with Gasteiger partial charge in [0.25, 0.3) is 0 Å². The minimum absolute atomic E-state index is 0.0146. The summed E-state index contributed by atoms with van der Waals surface area (Å²) in [7, 11) is -3.93. The molecule has 2 heterocycles. The third kappa shape index (κ3) is 6.71. The number of carbonyl (C=O) groups excluding carboxylic acids is 1. The standard InChI is InChI=1S/C28H36F4N4O3S/c1-19(2)17-33-27(37)21-9-11-34(12-10-21)23-5-4-6-24(16-23)40(38,39)36-14-13-35(18-20(36)3)26-8-7-22(29)15-25(26)28(30,31)32/h4-8,15-16,19-21H,9-14,17-18H2,1-3H3,(H,33,37)/t20-/m1/s1. The van der Waals surface area contributed by atoms with Gasteiger partial charge >= 0.3 is 6.18 Å². The number of nitrogens with one attached hydrogen (secondary N) is 1. The van der Waals surface area contributed by atoms with E-state index in [4.69, 9.17) is 0 Å². The minimum atomic E-state index is -4.74. The second-order valence-corrected chi connectivity index (χ2v) is 12.9. The highest BCUT2D eigenvalue weighted by Gasteiger charge is 2.39. The van der Waals surface area contributed by atoms with Crippen LogP contribution in [0.5, 0.6) is 0 Å². The van der Waals surface area contributed by atoms with Gasteiger partial charge in [0.2, 0.25) is 15.9 Å². The third-order valence-corrected chi connectivity index (χ3v) is 9.52. The quantitative estimate of drug-likeness (QED) is 0.477. The smallest absolute Gasteiger partial charge is 0.371 e. The van der Waals surface area contributed by atoms with Crippen molar-refractivity contribution in [3.8, 4) is 0 Å². The molecule has 0 bridgehead atoms. The molecule has 0 radical (unpaired) electrons. The highest BCUT2D eigenvalue weighted by Crippen LogP contribution is 2.38. The Bertz CT molecular complexity index is 1310. The van der Waals surface area contributed by atoms with E-state index in [0.717, 1.165) is 17.8 Å². The maximum Gasteiger partial charge on any atom is 0.418 e. The maximum atomic E-state index is 13.6. The monoisotopic (exact) mass is 584 g/mol. The first kappa shape index (κ1) is 30.1. The molecule has 0 aromatic heterocycles. The molecular weight excluding hydrogens is 548 g/mol. The first-order valence-electron chi connectivity index (χ1n) is 13.5. The Kier molecular flexibility index (Phi) is 8.99. The zero-order chi connectivity index (χ0) is 29.2. The Morgan fingerprint density at radius 2 is 1.73 bits per heavy atom. The predicted octanol–water partition coefficient (Wildman–Crippen LogP) is 4.73. The molecule has 7 nitrogen and oxygen atoms in total. The molecule has 0 saturated carbocycles. The molecule has 0 aliphatic carbocycles. The van der Waals surface area contributed by atoms with Crippen LogP contribution in [0.2, 0.25) is 0 Å². The van der Waals surface area contributed by atoms with Crippen LogP contribution in [0.4, 0.5) is 28.9 Å². The summed E-state index contributed by atoms with van der Waals surface area (Å²) in [4.78, 5) is 16.1. The number of halogens is 4. The highest BCUT2D eigenvalue weighted by atomic mass is 32.2. The topological polar surface area (TPSA) is 73.0 Å².